The SMILES string of the molecule is Cc1cc(-c2cc(Cl)c(OCC(C)CC(C)(C)NC(=O)O)cn2)ccn1. The molecule has 0 fully saturated rings. The van der Waals surface area contributed by atoms with Crippen LogP contribution in [-0.4, -0.2) is 33.3 Å². The van der Waals surface area contributed by atoms with Crippen LogP contribution in [0.1, 0.15) is 32.9 Å². The highest BCUT2D eigenvalue weighted by Crippen LogP contribution is 2.29. The molecule has 0 saturated heterocycles. The van der Waals surface area contributed by atoms with Crippen molar-refractivity contribution < 1.29 is 14.6 Å². The zero-order chi connectivity index (χ0) is 19.3. The summed E-state index contributed by atoms with van der Waals surface area (Å²) in [5, 5.41) is 11.9. The van der Waals surface area contributed by atoms with E-state index >= 15 is 0 Å². The molecule has 2 heterocycles. The fraction of sp³-hybridized carbons (Fsp3) is 0.421. The Bertz CT molecular complexity index is 780. The van der Waals surface area contributed by atoms with Gasteiger partial charge in [0.15, 0.2) is 5.75 Å². The topological polar surface area (TPSA) is 84.3 Å². The zero-order valence-corrected chi connectivity index (χ0v) is 16.2. The van der Waals surface area contributed by atoms with Crippen LogP contribution in [0.4, 0.5) is 4.79 Å². The lowest BCUT2D eigenvalue weighted by molar-refractivity contribution is 0.169. The molecular formula is C19H24ClN3O3. The molecule has 0 aliphatic carbocycles. The van der Waals surface area contributed by atoms with Gasteiger partial charge in [-0.3, -0.25) is 9.97 Å². The van der Waals surface area contributed by atoms with Crippen LogP contribution in [0.5, 0.6) is 5.75 Å². The molecule has 1 unspecified atom stereocenters. The number of amides is 1. The van der Waals surface area contributed by atoms with E-state index in [0.717, 1.165) is 17.0 Å². The number of nitrogens with zero attached hydrogens (tertiary/aromatic N) is 2. The van der Waals surface area contributed by atoms with Crippen molar-refractivity contribution in [2.24, 2.45) is 5.92 Å². The van der Waals surface area contributed by atoms with E-state index in [9.17, 15) is 4.79 Å². The van der Waals surface area contributed by atoms with E-state index in [0.29, 0.717) is 23.8 Å². The van der Waals surface area contributed by atoms with Crippen LogP contribution in [0.15, 0.2) is 30.6 Å². The normalized spacial score (nSPS) is 12.5. The van der Waals surface area contributed by atoms with Gasteiger partial charge in [-0.15, -0.1) is 0 Å². The summed E-state index contributed by atoms with van der Waals surface area (Å²) in [4.78, 5) is 19.4. The first kappa shape index (κ1) is 20.0. The van der Waals surface area contributed by atoms with E-state index in [2.05, 4.69) is 15.3 Å². The molecule has 2 aromatic rings. The van der Waals surface area contributed by atoms with E-state index in [1.54, 1.807) is 18.5 Å². The van der Waals surface area contributed by atoms with Crippen molar-refractivity contribution in [1.82, 2.24) is 15.3 Å². The molecule has 2 rings (SSSR count). The van der Waals surface area contributed by atoms with E-state index in [-0.39, 0.29) is 5.92 Å². The van der Waals surface area contributed by atoms with Gasteiger partial charge in [-0.05, 0) is 51.3 Å². The second-order valence-electron chi connectivity index (χ2n) is 7.12. The second kappa shape index (κ2) is 8.36. The van der Waals surface area contributed by atoms with E-state index in [1.807, 2.05) is 39.8 Å². The van der Waals surface area contributed by atoms with E-state index in [4.69, 9.17) is 21.4 Å². The smallest absolute Gasteiger partial charge is 0.405 e. The second-order valence-corrected chi connectivity index (χ2v) is 7.53. The summed E-state index contributed by atoms with van der Waals surface area (Å²) in [5.74, 6) is 0.646. The Hall–Kier alpha value is -2.34. The summed E-state index contributed by atoms with van der Waals surface area (Å²) < 4.78 is 5.78. The predicted octanol–water partition coefficient (Wildman–Crippen LogP) is 4.56. The fourth-order valence-corrected chi connectivity index (χ4v) is 3.10. The lowest BCUT2D eigenvalue weighted by atomic mass is 9.92. The van der Waals surface area contributed by atoms with Gasteiger partial charge in [0.1, 0.15) is 0 Å². The molecule has 1 amide bonds. The Morgan fingerprint density at radius 3 is 2.73 bits per heavy atom. The number of aryl methyl sites for hydroxylation is 1. The number of halogens is 1. The first-order chi connectivity index (χ1) is 12.2. The largest absolute Gasteiger partial charge is 0.490 e. The third-order valence-corrected chi connectivity index (χ3v) is 4.13. The van der Waals surface area contributed by atoms with Crippen LogP contribution in [-0.2, 0) is 0 Å². The number of rotatable bonds is 7. The Morgan fingerprint density at radius 1 is 1.38 bits per heavy atom. The van der Waals surface area contributed by atoms with Gasteiger partial charge in [0.05, 0.1) is 23.5 Å². The van der Waals surface area contributed by atoms with Crippen molar-refractivity contribution in [2.75, 3.05) is 6.61 Å². The molecule has 0 bridgehead atoms. The molecule has 0 aromatic carbocycles. The lowest BCUT2D eigenvalue weighted by Crippen LogP contribution is -2.44. The highest BCUT2D eigenvalue weighted by Gasteiger charge is 2.23. The summed E-state index contributed by atoms with van der Waals surface area (Å²) in [6.07, 6.45) is 2.95. The molecule has 26 heavy (non-hydrogen) atoms. The molecule has 0 aliphatic heterocycles. The number of ether oxygens (including phenoxy) is 1. The molecule has 2 aromatic heterocycles. The average molecular weight is 378 g/mol. The Morgan fingerprint density at radius 2 is 2.12 bits per heavy atom. The molecule has 0 saturated carbocycles. The minimum Gasteiger partial charge on any atom is -0.490 e. The van der Waals surface area contributed by atoms with Crippen LogP contribution < -0.4 is 10.1 Å². The molecule has 2 N–H and O–H groups in total. The number of carbonyl (C=O) groups is 1. The fourth-order valence-electron chi connectivity index (χ4n) is 2.89. The third kappa shape index (κ3) is 5.88. The van der Waals surface area contributed by atoms with Crippen LogP contribution in [0.2, 0.25) is 5.02 Å². The summed E-state index contributed by atoms with van der Waals surface area (Å²) in [6.45, 7) is 8.03. The number of pyridine rings is 2. The van der Waals surface area contributed by atoms with Gasteiger partial charge in [0.2, 0.25) is 0 Å². The Balaban J connectivity index is 1.99. The van der Waals surface area contributed by atoms with Gasteiger partial charge >= 0.3 is 6.09 Å². The summed E-state index contributed by atoms with van der Waals surface area (Å²) in [7, 11) is 0. The first-order valence-corrected chi connectivity index (χ1v) is 8.76. The molecule has 7 heteroatoms. The van der Waals surface area contributed by atoms with Gasteiger partial charge in [-0.25, -0.2) is 4.79 Å². The standard InChI is InChI=1S/C19H24ClN3O3/c1-12(9-19(3,4)23-18(24)25)11-26-17-10-22-16(8-15(17)20)14-5-6-21-13(2)7-14/h5-8,10,12,23H,9,11H2,1-4H3,(H,24,25). The summed E-state index contributed by atoms with van der Waals surface area (Å²) >= 11 is 6.33. The van der Waals surface area contributed by atoms with Gasteiger partial charge in [0.25, 0.3) is 0 Å². The predicted molar refractivity (Wildman–Crippen MR) is 102 cm³/mol. The van der Waals surface area contributed by atoms with Gasteiger partial charge in [-0.2, -0.15) is 0 Å². The van der Waals surface area contributed by atoms with E-state index < -0.39 is 11.6 Å². The van der Waals surface area contributed by atoms with Crippen LogP contribution in [0.3, 0.4) is 0 Å². The van der Waals surface area contributed by atoms with Gasteiger partial charge in [-0.1, -0.05) is 18.5 Å². The Labute approximate surface area is 158 Å². The van der Waals surface area contributed by atoms with E-state index in [1.165, 1.54) is 0 Å². The highest BCUT2D eigenvalue weighted by molar-refractivity contribution is 6.32. The molecule has 1 atom stereocenters. The number of aromatic nitrogens is 2. The van der Waals surface area contributed by atoms with Gasteiger partial charge < -0.3 is 15.2 Å². The highest BCUT2D eigenvalue weighted by atomic mass is 35.5. The van der Waals surface area contributed by atoms with Crippen molar-refractivity contribution in [3.63, 3.8) is 0 Å². The van der Waals surface area contributed by atoms with Crippen molar-refractivity contribution in [2.45, 2.75) is 39.7 Å². The monoisotopic (exact) mass is 377 g/mol. The zero-order valence-electron chi connectivity index (χ0n) is 15.4. The quantitative estimate of drug-likeness (QED) is 0.739. The number of nitrogens with one attached hydrogen (secondary N) is 1. The van der Waals surface area contributed by atoms with Crippen LogP contribution >= 0.6 is 11.6 Å². The summed E-state index contributed by atoms with van der Waals surface area (Å²) in [5.41, 5.74) is 2.08. The molecule has 0 aliphatic rings. The number of hydrogen-bond donors (Lipinski definition) is 2. The maximum absolute atomic E-state index is 10.8. The van der Waals surface area contributed by atoms with Crippen molar-refractivity contribution in [3.05, 3.63) is 41.3 Å². The van der Waals surface area contributed by atoms with Crippen molar-refractivity contribution in [1.29, 1.82) is 0 Å². The van der Waals surface area contributed by atoms with Crippen molar-refractivity contribution in [3.8, 4) is 17.0 Å². The third-order valence-electron chi connectivity index (χ3n) is 3.84. The maximum atomic E-state index is 10.8. The molecular weight excluding hydrogens is 354 g/mol. The minimum atomic E-state index is -1.03. The molecule has 0 spiro atoms. The van der Waals surface area contributed by atoms with Gasteiger partial charge in [0, 0.05) is 23.0 Å². The van der Waals surface area contributed by atoms with Crippen molar-refractivity contribution >= 4 is 17.7 Å². The average Bonchev–Trinajstić information content (AvgIpc) is 2.51. The van der Waals surface area contributed by atoms with Crippen LogP contribution in [0, 0.1) is 12.8 Å². The Kier molecular flexibility index (Phi) is 6.42. The minimum absolute atomic E-state index is 0.135. The number of hydrogen-bond acceptors (Lipinski definition) is 4. The number of carboxylic acid groups (broad SMARTS) is 1. The summed E-state index contributed by atoms with van der Waals surface area (Å²) in [6, 6.07) is 5.59. The molecule has 140 valence electrons. The van der Waals surface area contributed by atoms with Crippen LogP contribution in [0.25, 0.3) is 11.3 Å². The lowest BCUT2D eigenvalue weighted by Gasteiger charge is -2.28. The first-order valence-electron chi connectivity index (χ1n) is 8.39. The molecule has 0 radical (unpaired) electrons. The molecule has 6 nitrogen and oxygen atoms in total. The maximum Gasteiger partial charge on any atom is 0.405 e.